The Morgan fingerprint density at radius 3 is 2.95 bits per heavy atom. The van der Waals surface area contributed by atoms with Gasteiger partial charge in [0.1, 0.15) is 11.0 Å². The highest BCUT2D eigenvalue weighted by Gasteiger charge is 2.19. The summed E-state index contributed by atoms with van der Waals surface area (Å²) in [7, 11) is 4.39. The molecule has 1 atom stereocenters. The Morgan fingerprint density at radius 1 is 1.25 bits per heavy atom. The van der Waals surface area contributed by atoms with Crippen LogP contribution >= 0.6 is 11.7 Å². The van der Waals surface area contributed by atoms with E-state index in [0.717, 1.165) is 17.6 Å². The summed E-state index contributed by atoms with van der Waals surface area (Å²) >= 11 is 1.30. The van der Waals surface area contributed by atoms with Crippen LogP contribution in [0.3, 0.4) is 0 Å². The van der Waals surface area contributed by atoms with E-state index in [9.17, 15) is 0 Å². The fourth-order valence-corrected chi connectivity index (χ4v) is 3.46. The molecule has 0 radical (unpaired) electrons. The number of benzene rings is 1. The zero-order valence-corrected chi connectivity index (χ0v) is 13.1. The van der Waals surface area contributed by atoms with Gasteiger partial charge in [0.2, 0.25) is 0 Å². The molecular weight excluding hydrogens is 268 g/mol. The number of likely N-dealkylation sites (N-methyl/N-ethyl adjacent to an activating group) is 1. The summed E-state index contributed by atoms with van der Waals surface area (Å²) in [6, 6.07) is 7.16. The molecule has 0 N–H and O–H groups in total. The molecule has 5 heteroatoms. The van der Waals surface area contributed by atoms with Crippen molar-refractivity contribution in [1.29, 1.82) is 0 Å². The average Bonchev–Trinajstić information content (AvgIpc) is 2.76. The second kappa shape index (κ2) is 6.16. The van der Waals surface area contributed by atoms with Crippen molar-refractivity contribution in [2.75, 3.05) is 27.2 Å². The van der Waals surface area contributed by atoms with E-state index in [4.69, 9.17) is 0 Å². The normalized spacial score (nSPS) is 21.4. The summed E-state index contributed by atoms with van der Waals surface area (Å²) in [5.41, 5.74) is 3.40. The van der Waals surface area contributed by atoms with Gasteiger partial charge in [0.25, 0.3) is 0 Å². The molecule has 0 unspecified atom stereocenters. The smallest absolute Gasteiger partial charge is 0.105 e. The van der Waals surface area contributed by atoms with Crippen LogP contribution in [-0.4, -0.2) is 51.8 Å². The zero-order chi connectivity index (χ0) is 13.9. The Balaban J connectivity index is 1.71. The van der Waals surface area contributed by atoms with E-state index < -0.39 is 0 Å². The molecule has 20 heavy (non-hydrogen) atoms. The second-order valence-electron chi connectivity index (χ2n) is 5.94. The van der Waals surface area contributed by atoms with Gasteiger partial charge in [-0.15, -0.1) is 0 Å². The lowest BCUT2D eigenvalue weighted by Crippen LogP contribution is -2.38. The molecular formula is C15H22N4S. The van der Waals surface area contributed by atoms with E-state index in [2.05, 4.69) is 50.8 Å². The van der Waals surface area contributed by atoms with E-state index in [0.29, 0.717) is 6.04 Å². The van der Waals surface area contributed by atoms with Gasteiger partial charge in [0, 0.05) is 19.1 Å². The minimum atomic E-state index is 0.683. The summed E-state index contributed by atoms with van der Waals surface area (Å²) in [4.78, 5) is 4.95. The highest BCUT2D eigenvalue weighted by atomic mass is 32.1. The number of nitrogens with zero attached hydrogens (tertiary/aromatic N) is 4. The number of likely N-dealkylation sites (tertiary alicyclic amines) is 1. The summed E-state index contributed by atoms with van der Waals surface area (Å²) in [6.45, 7) is 3.40. The van der Waals surface area contributed by atoms with E-state index in [1.54, 1.807) is 0 Å². The SMILES string of the molecule is CN(C)[C@H]1CCCCN(Cc2ccc3nsnc3c2)C1. The molecule has 1 aliphatic heterocycles. The average molecular weight is 290 g/mol. The first-order valence-electron chi connectivity index (χ1n) is 7.32. The van der Waals surface area contributed by atoms with E-state index in [-0.39, 0.29) is 0 Å². The van der Waals surface area contributed by atoms with Crippen LogP contribution in [-0.2, 0) is 6.54 Å². The largest absolute Gasteiger partial charge is 0.305 e. The van der Waals surface area contributed by atoms with Crippen molar-refractivity contribution in [2.24, 2.45) is 0 Å². The maximum atomic E-state index is 4.34. The van der Waals surface area contributed by atoms with E-state index >= 15 is 0 Å². The molecule has 0 spiro atoms. The third-order valence-corrected chi connectivity index (χ3v) is 4.74. The van der Waals surface area contributed by atoms with Crippen LogP contribution in [0.2, 0.25) is 0 Å². The Morgan fingerprint density at radius 2 is 2.10 bits per heavy atom. The minimum absolute atomic E-state index is 0.683. The van der Waals surface area contributed by atoms with Gasteiger partial charge in [-0.2, -0.15) is 8.75 Å². The van der Waals surface area contributed by atoms with Crippen LogP contribution in [0.25, 0.3) is 11.0 Å². The standard InChI is InChI=1S/C15H22N4S/c1-18(2)13-5-3-4-8-19(11-13)10-12-6-7-14-15(9-12)17-20-16-14/h6-7,9,13H,3-5,8,10-11H2,1-2H3/t13-/m0/s1. The molecule has 2 heterocycles. The monoisotopic (exact) mass is 290 g/mol. The first kappa shape index (κ1) is 13.9. The quantitative estimate of drug-likeness (QED) is 0.870. The van der Waals surface area contributed by atoms with Crippen LogP contribution < -0.4 is 0 Å². The molecule has 108 valence electrons. The lowest BCUT2D eigenvalue weighted by atomic mass is 10.1. The molecule has 1 fully saturated rings. The van der Waals surface area contributed by atoms with Gasteiger partial charge < -0.3 is 4.90 Å². The van der Waals surface area contributed by atoms with E-state index in [1.165, 1.54) is 49.6 Å². The first-order chi connectivity index (χ1) is 9.72. The highest BCUT2D eigenvalue weighted by molar-refractivity contribution is 7.00. The van der Waals surface area contributed by atoms with Gasteiger partial charge in [-0.25, -0.2) is 0 Å². The fourth-order valence-electron chi connectivity index (χ4n) is 2.95. The number of rotatable bonds is 3. The Hall–Kier alpha value is -1.04. The minimum Gasteiger partial charge on any atom is -0.305 e. The topological polar surface area (TPSA) is 32.3 Å². The van der Waals surface area contributed by atoms with Crippen molar-refractivity contribution < 1.29 is 0 Å². The van der Waals surface area contributed by atoms with Crippen molar-refractivity contribution >= 4 is 22.8 Å². The molecule has 2 aromatic rings. The third-order valence-electron chi connectivity index (χ3n) is 4.19. The second-order valence-corrected chi connectivity index (χ2v) is 6.46. The van der Waals surface area contributed by atoms with Gasteiger partial charge in [0.05, 0.1) is 11.7 Å². The van der Waals surface area contributed by atoms with E-state index in [1.807, 2.05) is 0 Å². The first-order valence-corrected chi connectivity index (χ1v) is 8.05. The molecule has 0 aliphatic carbocycles. The van der Waals surface area contributed by atoms with Crippen molar-refractivity contribution in [3.8, 4) is 0 Å². The van der Waals surface area contributed by atoms with Gasteiger partial charge in [-0.05, 0) is 51.2 Å². The lowest BCUT2D eigenvalue weighted by molar-refractivity contribution is 0.191. The van der Waals surface area contributed by atoms with Crippen LogP contribution in [0.15, 0.2) is 18.2 Å². The molecule has 4 nitrogen and oxygen atoms in total. The number of fused-ring (bicyclic) bond motifs is 1. The molecule has 0 saturated carbocycles. The lowest BCUT2D eigenvalue weighted by Gasteiger charge is -2.28. The van der Waals surface area contributed by atoms with Crippen molar-refractivity contribution in [1.82, 2.24) is 18.5 Å². The van der Waals surface area contributed by atoms with Gasteiger partial charge in [0.15, 0.2) is 0 Å². The predicted octanol–water partition coefficient (Wildman–Crippen LogP) is 2.61. The molecule has 1 aromatic carbocycles. The Labute approximate surface area is 124 Å². The molecule has 0 bridgehead atoms. The van der Waals surface area contributed by atoms with Crippen molar-refractivity contribution in [2.45, 2.75) is 31.8 Å². The molecule has 3 rings (SSSR count). The molecule has 1 saturated heterocycles. The molecule has 0 amide bonds. The number of hydrogen-bond acceptors (Lipinski definition) is 5. The van der Waals surface area contributed by atoms with Gasteiger partial charge in [-0.3, -0.25) is 4.90 Å². The van der Waals surface area contributed by atoms with Gasteiger partial charge >= 0.3 is 0 Å². The highest BCUT2D eigenvalue weighted by Crippen LogP contribution is 2.19. The fraction of sp³-hybridized carbons (Fsp3) is 0.600. The summed E-state index contributed by atoms with van der Waals surface area (Å²) in [5, 5.41) is 0. The van der Waals surface area contributed by atoms with Crippen molar-refractivity contribution in [3.05, 3.63) is 23.8 Å². The van der Waals surface area contributed by atoms with Crippen LogP contribution in [0.5, 0.6) is 0 Å². The third kappa shape index (κ3) is 3.16. The number of hydrogen-bond donors (Lipinski definition) is 0. The van der Waals surface area contributed by atoms with Gasteiger partial charge in [-0.1, -0.05) is 12.5 Å². The van der Waals surface area contributed by atoms with Crippen LogP contribution in [0.4, 0.5) is 0 Å². The van der Waals surface area contributed by atoms with Crippen molar-refractivity contribution in [3.63, 3.8) is 0 Å². The molecule has 1 aliphatic rings. The maximum Gasteiger partial charge on any atom is 0.105 e. The summed E-state index contributed by atoms with van der Waals surface area (Å²) in [5.74, 6) is 0. The maximum absolute atomic E-state index is 4.34. The Kier molecular flexibility index (Phi) is 4.29. The summed E-state index contributed by atoms with van der Waals surface area (Å²) in [6.07, 6.45) is 3.97. The Bertz CT molecular complexity index is 566. The summed E-state index contributed by atoms with van der Waals surface area (Å²) < 4.78 is 8.61. The van der Waals surface area contributed by atoms with Crippen LogP contribution in [0.1, 0.15) is 24.8 Å². The predicted molar refractivity (Wildman–Crippen MR) is 84.0 cm³/mol. The van der Waals surface area contributed by atoms with Crippen LogP contribution in [0, 0.1) is 0 Å². The molecule has 1 aromatic heterocycles. The number of aromatic nitrogens is 2. The zero-order valence-electron chi connectivity index (χ0n) is 12.2.